The van der Waals surface area contributed by atoms with Crippen molar-refractivity contribution in [1.82, 2.24) is 10.2 Å². The number of hydrogen-bond donors (Lipinski definition) is 1. The van der Waals surface area contributed by atoms with E-state index in [1.807, 2.05) is 0 Å². The van der Waals surface area contributed by atoms with E-state index in [0.717, 1.165) is 26.2 Å². The van der Waals surface area contributed by atoms with E-state index in [1.165, 1.54) is 18.5 Å². The van der Waals surface area contributed by atoms with E-state index in [1.54, 1.807) is 0 Å². The zero-order chi connectivity index (χ0) is 14.0. The second-order valence-corrected chi connectivity index (χ2v) is 6.48. The lowest BCUT2D eigenvalue weighted by atomic mass is 9.89. The fourth-order valence-corrected chi connectivity index (χ4v) is 3.57. The van der Waals surface area contributed by atoms with E-state index in [2.05, 4.69) is 54.4 Å². The quantitative estimate of drug-likeness (QED) is 0.915. The molecule has 0 radical (unpaired) electrons. The maximum Gasteiger partial charge on any atom is 0.0588 e. The van der Waals surface area contributed by atoms with Crippen LogP contribution in [0.15, 0.2) is 30.3 Å². The van der Waals surface area contributed by atoms with Crippen molar-refractivity contribution >= 4 is 0 Å². The van der Waals surface area contributed by atoms with Crippen molar-refractivity contribution in [2.24, 2.45) is 5.92 Å². The molecule has 0 bridgehead atoms. The molecular formula is C17H26N2O. The van der Waals surface area contributed by atoms with Crippen molar-refractivity contribution in [3.05, 3.63) is 35.9 Å². The van der Waals surface area contributed by atoms with Crippen molar-refractivity contribution in [3.8, 4) is 0 Å². The standard InChI is InChI=1S/C17H26N2O/c1-14-15(8-11-20-14)12-19-10-9-18-17(2,13-19)16-6-4-3-5-7-16/h3-7,14-15,18H,8-13H2,1-2H3. The molecule has 2 aliphatic heterocycles. The molecule has 3 nitrogen and oxygen atoms in total. The maximum atomic E-state index is 5.70. The van der Waals surface area contributed by atoms with Crippen molar-refractivity contribution in [2.75, 3.05) is 32.8 Å². The lowest BCUT2D eigenvalue weighted by molar-refractivity contribution is 0.0756. The Bertz CT molecular complexity index is 436. The summed E-state index contributed by atoms with van der Waals surface area (Å²) in [5.74, 6) is 0.702. The van der Waals surface area contributed by atoms with Crippen LogP contribution in [0.1, 0.15) is 25.8 Å². The first-order chi connectivity index (χ1) is 9.67. The summed E-state index contributed by atoms with van der Waals surface area (Å²) in [6, 6.07) is 10.8. The van der Waals surface area contributed by atoms with E-state index in [-0.39, 0.29) is 5.54 Å². The van der Waals surface area contributed by atoms with Crippen LogP contribution in [0.25, 0.3) is 0 Å². The first-order valence-corrected chi connectivity index (χ1v) is 7.82. The molecule has 0 saturated carbocycles. The summed E-state index contributed by atoms with van der Waals surface area (Å²) in [7, 11) is 0. The van der Waals surface area contributed by atoms with E-state index >= 15 is 0 Å². The van der Waals surface area contributed by atoms with Crippen molar-refractivity contribution < 1.29 is 4.74 Å². The van der Waals surface area contributed by atoms with E-state index < -0.39 is 0 Å². The van der Waals surface area contributed by atoms with Crippen LogP contribution in [0.4, 0.5) is 0 Å². The third-order valence-electron chi connectivity index (χ3n) is 4.92. The van der Waals surface area contributed by atoms with E-state index in [4.69, 9.17) is 4.74 Å². The molecule has 110 valence electrons. The molecule has 0 aliphatic carbocycles. The van der Waals surface area contributed by atoms with Gasteiger partial charge in [-0.15, -0.1) is 0 Å². The Hall–Kier alpha value is -0.900. The Kier molecular flexibility index (Phi) is 4.11. The molecule has 1 N–H and O–H groups in total. The first-order valence-electron chi connectivity index (χ1n) is 7.82. The Morgan fingerprint density at radius 1 is 1.35 bits per heavy atom. The fourth-order valence-electron chi connectivity index (χ4n) is 3.57. The minimum Gasteiger partial charge on any atom is -0.378 e. The van der Waals surface area contributed by atoms with Crippen molar-refractivity contribution in [2.45, 2.75) is 31.9 Å². The zero-order valence-corrected chi connectivity index (χ0v) is 12.6. The van der Waals surface area contributed by atoms with Gasteiger partial charge in [-0.25, -0.2) is 0 Å². The number of nitrogens with zero attached hydrogens (tertiary/aromatic N) is 1. The number of nitrogens with one attached hydrogen (secondary N) is 1. The highest BCUT2D eigenvalue weighted by Crippen LogP contribution is 2.27. The number of benzene rings is 1. The fraction of sp³-hybridized carbons (Fsp3) is 0.647. The zero-order valence-electron chi connectivity index (χ0n) is 12.6. The third kappa shape index (κ3) is 2.90. The third-order valence-corrected chi connectivity index (χ3v) is 4.92. The SMILES string of the molecule is CC1OCCC1CN1CCNC(C)(c2ccccc2)C1. The molecule has 0 amide bonds. The second kappa shape index (κ2) is 5.84. The molecule has 1 aromatic carbocycles. The van der Waals surface area contributed by atoms with Gasteiger partial charge in [0.25, 0.3) is 0 Å². The lowest BCUT2D eigenvalue weighted by Crippen LogP contribution is -2.57. The van der Waals surface area contributed by atoms with Gasteiger partial charge in [-0.05, 0) is 31.7 Å². The minimum atomic E-state index is 0.0716. The summed E-state index contributed by atoms with van der Waals surface area (Å²) in [6.07, 6.45) is 1.64. The predicted molar refractivity (Wildman–Crippen MR) is 81.8 cm³/mol. The monoisotopic (exact) mass is 274 g/mol. The number of ether oxygens (including phenoxy) is 1. The van der Waals surface area contributed by atoms with Gasteiger partial charge < -0.3 is 10.1 Å². The molecule has 2 saturated heterocycles. The molecule has 1 aromatic rings. The summed E-state index contributed by atoms with van der Waals surface area (Å²) in [6.45, 7) is 9.94. The summed E-state index contributed by atoms with van der Waals surface area (Å²) in [4.78, 5) is 2.61. The molecule has 20 heavy (non-hydrogen) atoms. The normalized spacial score (nSPS) is 35.3. The highest BCUT2D eigenvalue weighted by Gasteiger charge is 2.34. The van der Waals surface area contributed by atoms with Crippen LogP contribution >= 0.6 is 0 Å². The molecule has 0 spiro atoms. The maximum absolute atomic E-state index is 5.70. The number of hydrogen-bond acceptors (Lipinski definition) is 3. The average Bonchev–Trinajstić information content (AvgIpc) is 2.85. The van der Waals surface area contributed by atoms with Crippen molar-refractivity contribution in [3.63, 3.8) is 0 Å². The van der Waals surface area contributed by atoms with Gasteiger partial charge in [-0.1, -0.05) is 30.3 Å². The summed E-state index contributed by atoms with van der Waals surface area (Å²) < 4.78 is 5.70. The highest BCUT2D eigenvalue weighted by atomic mass is 16.5. The molecule has 3 rings (SSSR count). The number of piperazine rings is 1. The molecular weight excluding hydrogens is 248 g/mol. The Labute approximate surface area is 122 Å². The van der Waals surface area contributed by atoms with Crippen LogP contribution < -0.4 is 5.32 Å². The summed E-state index contributed by atoms with van der Waals surface area (Å²) in [5, 5.41) is 3.70. The minimum absolute atomic E-state index is 0.0716. The van der Waals surface area contributed by atoms with Gasteiger partial charge in [0.2, 0.25) is 0 Å². The molecule has 3 heteroatoms. The molecule has 2 heterocycles. The van der Waals surface area contributed by atoms with Crippen LogP contribution in [-0.4, -0.2) is 43.8 Å². The molecule has 0 aromatic heterocycles. The van der Waals surface area contributed by atoms with Gasteiger partial charge in [-0.3, -0.25) is 4.90 Å². The van der Waals surface area contributed by atoms with E-state index in [0.29, 0.717) is 12.0 Å². The van der Waals surface area contributed by atoms with Gasteiger partial charge in [-0.2, -0.15) is 0 Å². The average molecular weight is 274 g/mol. The predicted octanol–water partition coefficient (Wildman–Crippen LogP) is 2.23. The van der Waals surface area contributed by atoms with Gasteiger partial charge in [0.15, 0.2) is 0 Å². The van der Waals surface area contributed by atoms with Gasteiger partial charge in [0.05, 0.1) is 11.6 Å². The molecule has 3 unspecified atom stereocenters. The smallest absolute Gasteiger partial charge is 0.0588 e. The Balaban J connectivity index is 1.67. The molecule has 3 atom stereocenters. The lowest BCUT2D eigenvalue weighted by Gasteiger charge is -2.43. The van der Waals surface area contributed by atoms with Crippen LogP contribution in [0.5, 0.6) is 0 Å². The Morgan fingerprint density at radius 2 is 2.15 bits per heavy atom. The van der Waals surface area contributed by atoms with Crippen LogP contribution in [0.2, 0.25) is 0 Å². The highest BCUT2D eigenvalue weighted by molar-refractivity contribution is 5.24. The van der Waals surface area contributed by atoms with Crippen molar-refractivity contribution in [1.29, 1.82) is 0 Å². The summed E-state index contributed by atoms with van der Waals surface area (Å²) >= 11 is 0. The van der Waals surface area contributed by atoms with E-state index in [9.17, 15) is 0 Å². The number of rotatable bonds is 3. The Morgan fingerprint density at radius 3 is 2.85 bits per heavy atom. The van der Waals surface area contributed by atoms with Crippen LogP contribution in [0.3, 0.4) is 0 Å². The molecule has 2 aliphatic rings. The van der Waals surface area contributed by atoms with Gasteiger partial charge in [0.1, 0.15) is 0 Å². The van der Waals surface area contributed by atoms with Gasteiger partial charge in [0, 0.05) is 32.8 Å². The van der Waals surface area contributed by atoms with Crippen LogP contribution in [0, 0.1) is 5.92 Å². The largest absolute Gasteiger partial charge is 0.378 e. The first kappa shape index (κ1) is 14.1. The topological polar surface area (TPSA) is 24.5 Å². The second-order valence-electron chi connectivity index (χ2n) is 6.48. The van der Waals surface area contributed by atoms with Crippen LogP contribution in [-0.2, 0) is 10.3 Å². The van der Waals surface area contributed by atoms with Gasteiger partial charge >= 0.3 is 0 Å². The summed E-state index contributed by atoms with van der Waals surface area (Å²) in [5.41, 5.74) is 1.46. The molecule has 2 fully saturated rings.